The molecular weight excluding hydrogens is 288 g/mol. The number of hydrogen-bond donors (Lipinski definition) is 1. The number of anilines is 1. The first-order chi connectivity index (χ1) is 11.2. The number of hydrogen-bond acceptors (Lipinski definition) is 3. The van der Waals surface area contributed by atoms with E-state index in [4.69, 9.17) is 0 Å². The standard InChI is InChI=1S/C18H18N4O/c1-14-6-5-11-19-18(14)21-17(23)10-9-15-12-20-22(13-15)16-7-3-2-4-8-16/h2-8,11-13H,9-10H2,1H3,(H,19,21,23). The monoisotopic (exact) mass is 306 g/mol. The number of benzene rings is 1. The largest absolute Gasteiger partial charge is 0.310 e. The Morgan fingerprint density at radius 2 is 2.00 bits per heavy atom. The highest BCUT2D eigenvalue weighted by Gasteiger charge is 2.07. The summed E-state index contributed by atoms with van der Waals surface area (Å²) in [5.41, 5.74) is 2.99. The van der Waals surface area contributed by atoms with E-state index in [0.29, 0.717) is 18.7 Å². The minimum absolute atomic E-state index is 0.0424. The Labute approximate surface area is 135 Å². The lowest BCUT2D eigenvalue weighted by atomic mass is 10.2. The van der Waals surface area contributed by atoms with Crippen LogP contribution in [0.1, 0.15) is 17.5 Å². The van der Waals surface area contributed by atoms with Gasteiger partial charge in [-0.15, -0.1) is 0 Å². The van der Waals surface area contributed by atoms with Crippen LogP contribution in [0, 0.1) is 6.92 Å². The first kappa shape index (κ1) is 15.0. The van der Waals surface area contributed by atoms with Crippen molar-refractivity contribution < 1.29 is 4.79 Å². The molecule has 2 aromatic heterocycles. The van der Waals surface area contributed by atoms with E-state index in [2.05, 4.69) is 15.4 Å². The molecule has 0 aliphatic rings. The van der Waals surface area contributed by atoms with Gasteiger partial charge in [-0.2, -0.15) is 5.10 Å². The van der Waals surface area contributed by atoms with Crippen molar-refractivity contribution >= 4 is 11.7 Å². The molecule has 0 fully saturated rings. The number of carbonyl (C=O) groups is 1. The highest BCUT2D eigenvalue weighted by atomic mass is 16.1. The molecule has 0 saturated carbocycles. The Balaban J connectivity index is 1.58. The summed E-state index contributed by atoms with van der Waals surface area (Å²) in [5, 5.41) is 7.18. The quantitative estimate of drug-likeness (QED) is 0.787. The maximum absolute atomic E-state index is 12.0. The molecule has 3 aromatic rings. The normalized spacial score (nSPS) is 10.5. The van der Waals surface area contributed by atoms with Gasteiger partial charge in [-0.3, -0.25) is 4.79 Å². The second kappa shape index (κ2) is 6.87. The van der Waals surface area contributed by atoms with Crippen LogP contribution in [0.2, 0.25) is 0 Å². The summed E-state index contributed by atoms with van der Waals surface area (Å²) < 4.78 is 1.82. The Hall–Kier alpha value is -2.95. The Kier molecular flexibility index (Phi) is 4.47. The summed E-state index contributed by atoms with van der Waals surface area (Å²) in [7, 11) is 0. The van der Waals surface area contributed by atoms with Gasteiger partial charge in [0.25, 0.3) is 0 Å². The summed E-state index contributed by atoms with van der Waals surface area (Å²) in [4.78, 5) is 16.2. The third-order valence-electron chi connectivity index (χ3n) is 3.56. The van der Waals surface area contributed by atoms with Crippen molar-refractivity contribution in [3.63, 3.8) is 0 Å². The van der Waals surface area contributed by atoms with Gasteiger partial charge >= 0.3 is 0 Å². The fourth-order valence-corrected chi connectivity index (χ4v) is 2.28. The van der Waals surface area contributed by atoms with Crippen LogP contribution in [0.15, 0.2) is 61.1 Å². The average molecular weight is 306 g/mol. The topological polar surface area (TPSA) is 59.8 Å². The van der Waals surface area contributed by atoms with E-state index in [-0.39, 0.29) is 5.91 Å². The van der Waals surface area contributed by atoms with Crippen LogP contribution in [0.5, 0.6) is 0 Å². The van der Waals surface area contributed by atoms with E-state index in [9.17, 15) is 4.79 Å². The predicted octanol–water partition coefficient (Wildman–Crippen LogP) is 3.15. The molecular formula is C18H18N4O. The molecule has 0 bridgehead atoms. The van der Waals surface area contributed by atoms with E-state index in [1.165, 1.54) is 0 Å². The van der Waals surface area contributed by atoms with Crippen LogP contribution < -0.4 is 5.32 Å². The van der Waals surface area contributed by atoms with Crippen molar-refractivity contribution in [3.05, 3.63) is 72.2 Å². The van der Waals surface area contributed by atoms with Gasteiger partial charge in [-0.05, 0) is 42.7 Å². The van der Waals surface area contributed by atoms with Crippen molar-refractivity contribution in [2.75, 3.05) is 5.32 Å². The van der Waals surface area contributed by atoms with Crippen LogP contribution in [-0.2, 0) is 11.2 Å². The zero-order chi connectivity index (χ0) is 16.1. The van der Waals surface area contributed by atoms with E-state index in [1.807, 2.05) is 60.3 Å². The number of amides is 1. The van der Waals surface area contributed by atoms with Crippen molar-refractivity contribution in [1.29, 1.82) is 0 Å². The van der Waals surface area contributed by atoms with E-state index >= 15 is 0 Å². The summed E-state index contributed by atoms with van der Waals surface area (Å²) in [6.07, 6.45) is 6.47. The van der Waals surface area contributed by atoms with Gasteiger partial charge in [0, 0.05) is 18.8 Å². The van der Waals surface area contributed by atoms with Crippen LogP contribution in [-0.4, -0.2) is 20.7 Å². The molecule has 2 heterocycles. The molecule has 1 amide bonds. The van der Waals surface area contributed by atoms with Gasteiger partial charge in [0.1, 0.15) is 5.82 Å². The van der Waals surface area contributed by atoms with Gasteiger partial charge in [-0.25, -0.2) is 9.67 Å². The maximum atomic E-state index is 12.0. The van der Waals surface area contributed by atoms with Gasteiger partial charge in [0.05, 0.1) is 11.9 Å². The number of aromatic nitrogens is 3. The van der Waals surface area contributed by atoms with Crippen LogP contribution in [0.4, 0.5) is 5.82 Å². The summed E-state index contributed by atoms with van der Waals surface area (Å²) >= 11 is 0. The molecule has 0 aliphatic heterocycles. The van der Waals surface area contributed by atoms with Crippen molar-refractivity contribution in [2.24, 2.45) is 0 Å². The molecule has 1 aromatic carbocycles. The van der Waals surface area contributed by atoms with Crippen molar-refractivity contribution in [3.8, 4) is 5.69 Å². The zero-order valence-electron chi connectivity index (χ0n) is 12.9. The molecule has 5 heteroatoms. The molecule has 23 heavy (non-hydrogen) atoms. The highest BCUT2D eigenvalue weighted by molar-refractivity contribution is 5.90. The molecule has 0 radical (unpaired) electrons. The van der Waals surface area contributed by atoms with Gasteiger partial charge in [0.15, 0.2) is 0 Å². The smallest absolute Gasteiger partial charge is 0.225 e. The number of rotatable bonds is 5. The number of nitrogens with zero attached hydrogens (tertiary/aromatic N) is 3. The first-order valence-corrected chi connectivity index (χ1v) is 7.53. The lowest BCUT2D eigenvalue weighted by Gasteiger charge is -2.06. The van der Waals surface area contributed by atoms with Gasteiger partial charge in [-0.1, -0.05) is 24.3 Å². The number of nitrogens with one attached hydrogen (secondary N) is 1. The number of para-hydroxylation sites is 1. The number of carbonyl (C=O) groups excluding carboxylic acids is 1. The number of aryl methyl sites for hydroxylation is 2. The lowest BCUT2D eigenvalue weighted by molar-refractivity contribution is -0.116. The molecule has 0 unspecified atom stereocenters. The molecule has 3 rings (SSSR count). The zero-order valence-corrected chi connectivity index (χ0v) is 12.9. The van der Waals surface area contributed by atoms with Crippen LogP contribution in [0.3, 0.4) is 0 Å². The summed E-state index contributed by atoms with van der Waals surface area (Å²) in [6.45, 7) is 1.92. The molecule has 5 nitrogen and oxygen atoms in total. The van der Waals surface area contributed by atoms with Crippen LogP contribution in [0.25, 0.3) is 5.69 Å². The summed E-state index contributed by atoms with van der Waals surface area (Å²) in [5.74, 6) is 0.580. The summed E-state index contributed by atoms with van der Waals surface area (Å²) in [6, 6.07) is 13.7. The van der Waals surface area contributed by atoms with Gasteiger partial charge < -0.3 is 5.32 Å². The lowest BCUT2D eigenvalue weighted by Crippen LogP contribution is -2.14. The third kappa shape index (κ3) is 3.83. The second-order valence-electron chi connectivity index (χ2n) is 5.35. The van der Waals surface area contributed by atoms with Crippen molar-refractivity contribution in [1.82, 2.24) is 14.8 Å². The molecule has 0 spiro atoms. The third-order valence-corrected chi connectivity index (χ3v) is 3.56. The van der Waals surface area contributed by atoms with E-state index in [1.54, 1.807) is 12.4 Å². The number of pyridine rings is 1. The SMILES string of the molecule is Cc1cccnc1NC(=O)CCc1cnn(-c2ccccc2)c1. The van der Waals surface area contributed by atoms with Gasteiger partial charge in [0.2, 0.25) is 5.91 Å². The average Bonchev–Trinajstić information content (AvgIpc) is 3.05. The van der Waals surface area contributed by atoms with Crippen LogP contribution >= 0.6 is 0 Å². The predicted molar refractivity (Wildman–Crippen MR) is 89.5 cm³/mol. The fraction of sp³-hybridized carbons (Fsp3) is 0.167. The maximum Gasteiger partial charge on any atom is 0.225 e. The molecule has 0 atom stereocenters. The molecule has 0 aliphatic carbocycles. The fourth-order valence-electron chi connectivity index (χ4n) is 2.28. The molecule has 116 valence electrons. The van der Waals surface area contributed by atoms with E-state index < -0.39 is 0 Å². The Morgan fingerprint density at radius 3 is 2.78 bits per heavy atom. The Morgan fingerprint density at radius 1 is 1.17 bits per heavy atom. The Bertz CT molecular complexity index is 796. The van der Waals surface area contributed by atoms with Crippen molar-refractivity contribution in [2.45, 2.75) is 19.8 Å². The second-order valence-corrected chi connectivity index (χ2v) is 5.35. The molecule has 1 N–H and O–H groups in total. The minimum atomic E-state index is -0.0424. The molecule has 0 saturated heterocycles. The first-order valence-electron chi connectivity index (χ1n) is 7.53. The highest BCUT2D eigenvalue weighted by Crippen LogP contribution is 2.12. The minimum Gasteiger partial charge on any atom is -0.310 e. The van der Waals surface area contributed by atoms with E-state index in [0.717, 1.165) is 16.8 Å².